The van der Waals surface area contributed by atoms with Crippen molar-refractivity contribution in [3.8, 4) is 0 Å². The van der Waals surface area contributed by atoms with Gasteiger partial charge in [0.2, 0.25) is 5.91 Å². The summed E-state index contributed by atoms with van der Waals surface area (Å²) in [6.45, 7) is 8.18. The summed E-state index contributed by atoms with van der Waals surface area (Å²) in [6.07, 6.45) is 1.22. The molecule has 2 aliphatic rings. The van der Waals surface area contributed by atoms with Gasteiger partial charge >= 0.3 is 11.6 Å². The van der Waals surface area contributed by atoms with Crippen LogP contribution in [-0.2, 0) is 20.9 Å². The Kier molecular flexibility index (Phi) is 4.97. The molecule has 154 valence electrons. The zero-order valence-electron chi connectivity index (χ0n) is 17.1. The fourth-order valence-corrected chi connectivity index (χ4v) is 5.79. The number of thioether (sulfide) groups is 1. The highest BCUT2D eigenvalue weighted by Crippen LogP contribution is 2.47. The topological polar surface area (TPSA) is 76.8 Å². The van der Waals surface area contributed by atoms with Crippen LogP contribution in [0, 0.1) is 6.92 Å². The number of rotatable bonds is 4. The fraction of sp³-hybridized carbons (Fsp3) is 0.500. The molecule has 0 bridgehead atoms. The van der Waals surface area contributed by atoms with Crippen LogP contribution in [0.25, 0.3) is 11.0 Å². The number of ether oxygens (including phenoxy) is 1. The van der Waals surface area contributed by atoms with Crippen molar-refractivity contribution < 1.29 is 18.7 Å². The number of esters is 1. The van der Waals surface area contributed by atoms with Crippen molar-refractivity contribution in [2.45, 2.75) is 64.0 Å². The molecule has 0 unspecified atom stereocenters. The van der Waals surface area contributed by atoms with Crippen LogP contribution in [0.15, 0.2) is 27.4 Å². The minimum atomic E-state index is -0.570. The molecule has 2 saturated heterocycles. The van der Waals surface area contributed by atoms with Gasteiger partial charge in [0.25, 0.3) is 0 Å². The molecule has 2 fully saturated rings. The van der Waals surface area contributed by atoms with Crippen molar-refractivity contribution in [1.29, 1.82) is 0 Å². The molecule has 1 aromatic heterocycles. The first-order chi connectivity index (χ1) is 13.7. The van der Waals surface area contributed by atoms with Gasteiger partial charge in [-0.15, -0.1) is 11.8 Å². The summed E-state index contributed by atoms with van der Waals surface area (Å²) in [5.74, 6) is 0.433. The van der Waals surface area contributed by atoms with E-state index in [2.05, 4.69) is 13.8 Å². The SMILES string of the molecule is Cc1cc2oc(=O)cc(COC(=O)[C@@H]3CS[C@@]4(C)CCC(=O)N34)c2cc1C(C)C. The van der Waals surface area contributed by atoms with Crippen LogP contribution in [-0.4, -0.2) is 33.4 Å². The van der Waals surface area contributed by atoms with Crippen LogP contribution in [0.3, 0.4) is 0 Å². The number of carbonyl (C=O) groups excluding carboxylic acids is 2. The van der Waals surface area contributed by atoms with Gasteiger partial charge in [-0.2, -0.15) is 0 Å². The lowest BCUT2D eigenvalue weighted by Crippen LogP contribution is -2.46. The summed E-state index contributed by atoms with van der Waals surface area (Å²) in [5, 5.41) is 0.773. The Morgan fingerprint density at radius 2 is 2.10 bits per heavy atom. The van der Waals surface area contributed by atoms with Crippen molar-refractivity contribution in [2.75, 3.05) is 5.75 Å². The lowest BCUT2D eigenvalue weighted by atomic mass is 9.95. The third kappa shape index (κ3) is 3.45. The van der Waals surface area contributed by atoms with E-state index < -0.39 is 17.6 Å². The van der Waals surface area contributed by atoms with Gasteiger partial charge in [0.05, 0.1) is 4.87 Å². The van der Waals surface area contributed by atoms with Gasteiger partial charge in [0, 0.05) is 29.2 Å². The second-order valence-corrected chi connectivity index (χ2v) is 9.83. The fourth-order valence-electron chi connectivity index (χ4n) is 4.37. The van der Waals surface area contributed by atoms with Crippen LogP contribution >= 0.6 is 11.8 Å². The lowest BCUT2D eigenvalue weighted by Gasteiger charge is -2.29. The number of hydrogen-bond acceptors (Lipinski definition) is 6. The van der Waals surface area contributed by atoms with Gasteiger partial charge in [-0.1, -0.05) is 13.8 Å². The van der Waals surface area contributed by atoms with E-state index in [1.165, 1.54) is 6.07 Å². The second kappa shape index (κ2) is 7.20. The number of aryl methyl sites for hydroxylation is 1. The van der Waals surface area contributed by atoms with E-state index in [0.29, 0.717) is 29.2 Å². The molecule has 2 aliphatic heterocycles. The summed E-state index contributed by atoms with van der Waals surface area (Å²) in [4.78, 5) is 38.4. The minimum Gasteiger partial charge on any atom is -0.459 e. The number of benzene rings is 1. The Bertz CT molecular complexity index is 1060. The molecule has 0 N–H and O–H groups in total. The standard InChI is InChI=1S/C22H25NO5S/c1-12(2)15-9-16-14(8-20(25)28-18(16)7-13(15)3)10-27-21(26)17-11-29-22(4)6-5-19(24)23(17)22/h7-9,12,17H,5-6,10-11H2,1-4H3/t17-,22-/m0/s1. The Morgan fingerprint density at radius 1 is 1.34 bits per heavy atom. The van der Waals surface area contributed by atoms with E-state index in [9.17, 15) is 14.4 Å². The molecular formula is C22H25NO5S. The first-order valence-electron chi connectivity index (χ1n) is 9.89. The van der Waals surface area contributed by atoms with E-state index in [4.69, 9.17) is 9.15 Å². The third-order valence-electron chi connectivity index (χ3n) is 5.93. The van der Waals surface area contributed by atoms with Crippen molar-refractivity contribution >= 4 is 34.6 Å². The zero-order chi connectivity index (χ0) is 20.9. The van der Waals surface area contributed by atoms with Crippen LogP contribution in [0.1, 0.15) is 56.2 Å². The van der Waals surface area contributed by atoms with Crippen LogP contribution in [0.5, 0.6) is 0 Å². The van der Waals surface area contributed by atoms with Crippen molar-refractivity contribution in [3.05, 3.63) is 45.3 Å². The average molecular weight is 416 g/mol. The highest BCUT2D eigenvalue weighted by Gasteiger charge is 2.53. The predicted octanol–water partition coefficient (Wildman–Crippen LogP) is 3.72. The molecule has 4 rings (SSSR count). The second-order valence-electron chi connectivity index (χ2n) is 8.32. The quantitative estimate of drug-likeness (QED) is 0.560. The van der Waals surface area contributed by atoms with Crippen molar-refractivity contribution in [3.63, 3.8) is 0 Å². The maximum atomic E-state index is 12.8. The van der Waals surface area contributed by atoms with Gasteiger partial charge < -0.3 is 14.1 Å². The van der Waals surface area contributed by atoms with Gasteiger partial charge in [-0.25, -0.2) is 9.59 Å². The van der Waals surface area contributed by atoms with Crippen LogP contribution in [0.2, 0.25) is 0 Å². The van der Waals surface area contributed by atoms with E-state index in [1.807, 2.05) is 26.0 Å². The number of carbonyl (C=O) groups is 2. The Labute approximate surface area is 173 Å². The summed E-state index contributed by atoms with van der Waals surface area (Å²) in [6, 6.07) is 4.68. The molecule has 1 amide bonds. The first kappa shape index (κ1) is 20.0. The maximum Gasteiger partial charge on any atom is 0.336 e. The Balaban J connectivity index is 1.60. The van der Waals surface area contributed by atoms with Gasteiger partial charge in [0.1, 0.15) is 18.2 Å². The molecule has 7 heteroatoms. The Morgan fingerprint density at radius 3 is 2.83 bits per heavy atom. The Hall–Kier alpha value is -2.28. The molecule has 2 atom stereocenters. The molecule has 6 nitrogen and oxygen atoms in total. The predicted molar refractivity (Wildman–Crippen MR) is 112 cm³/mol. The molecule has 0 aliphatic carbocycles. The third-order valence-corrected chi connectivity index (χ3v) is 7.43. The van der Waals surface area contributed by atoms with E-state index in [1.54, 1.807) is 16.7 Å². The summed E-state index contributed by atoms with van der Waals surface area (Å²) < 4.78 is 10.9. The number of fused-ring (bicyclic) bond motifs is 2. The van der Waals surface area contributed by atoms with Crippen molar-refractivity contribution in [2.24, 2.45) is 0 Å². The monoisotopic (exact) mass is 415 g/mol. The minimum absolute atomic E-state index is 0.00213. The molecule has 1 aromatic carbocycles. The zero-order valence-corrected chi connectivity index (χ0v) is 17.9. The molecule has 0 saturated carbocycles. The number of nitrogens with zero attached hydrogens (tertiary/aromatic N) is 1. The summed E-state index contributed by atoms with van der Waals surface area (Å²) in [5.41, 5.74) is 2.85. The van der Waals surface area contributed by atoms with Crippen LogP contribution in [0.4, 0.5) is 0 Å². The molecule has 0 radical (unpaired) electrons. The highest BCUT2D eigenvalue weighted by molar-refractivity contribution is 8.01. The number of hydrogen-bond donors (Lipinski definition) is 0. The normalized spacial score (nSPS) is 23.8. The molecule has 2 aromatic rings. The lowest BCUT2D eigenvalue weighted by molar-refractivity contribution is -0.154. The molecular weight excluding hydrogens is 390 g/mol. The maximum absolute atomic E-state index is 12.8. The summed E-state index contributed by atoms with van der Waals surface area (Å²) in [7, 11) is 0. The van der Waals surface area contributed by atoms with E-state index >= 15 is 0 Å². The smallest absolute Gasteiger partial charge is 0.336 e. The van der Waals surface area contributed by atoms with Gasteiger partial charge in [-0.3, -0.25) is 4.79 Å². The van der Waals surface area contributed by atoms with Gasteiger partial charge in [0.15, 0.2) is 0 Å². The van der Waals surface area contributed by atoms with E-state index in [-0.39, 0.29) is 17.4 Å². The molecule has 3 heterocycles. The van der Waals surface area contributed by atoms with Gasteiger partial charge in [-0.05, 0) is 49.4 Å². The largest absolute Gasteiger partial charge is 0.459 e. The summed E-state index contributed by atoms with van der Waals surface area (Å²) >= 11 is 1.63. The molecule has 29 heavy (non-hydrogen) atoms. The van der Waals surface area contributed by atoms with E-state index in [0.717, 1.165) is 22.9 Å². The van der Waals surface area contributed by atoms with Crippen molar-refractivity contribution in [1.82, 2.24) is 4.90 Å². The first-order valence-corrected chi connectivity index (χ1v) is 10.9. The average Bonchev–Trinajstić information content (AvgIpc) is 3.14. The molecule has 0 spiro atoms. The van der Waals surface area contributed by atoms with Crippen LogP contribution < -0.4 is 5.63 Å². The highest BCUT2D eigenvalue weighted by atomic mass is 32.2. The number of amides is 1.